The maximum Gasteiger partial charge on any atom is -0.00258 e. The number of rotatable bonds is 5. The van der Waals surface area contributed by atoms with Gasteiger partial charge in [-0.2, -0.15) is 0 Å². The molecular weight excluding hydrogens is 468 g/mol. The fourth-order valence-electron chi connectivity index (χ4n) is 5.47. The van der Waals surface area contributed by atoms with Crippen molar-refractivity contribution in [3.05, 3.63) is 169 Å². The number of hydrogen-bond acceptors (Lipinski definition) is 0. The molecule has 0 nitrogen and oxygen atoms in total. The van der Waals surface area contributed by atoms with E-state index in [2.05, 4.69) is 158 Å². The Morgan fingerprint density at radius 3 is 1.18 bits per heavy atom. The van der Waals surface area contributed by atoms with Crippen molar-refractivity contribution in [2.45, 2.75) is 6.42 Å². The lowest BCUT2D eigenvalue weighted by Crippen LogP contribution is -1.89. The minimum Gasteiger partial charge on any atom is -0.0622 e. The van der Waals surface area contributed by atoms with Crippen molar-refractivity contribution in [3.63, 3.8) is 0 Å². The fourth-order valence-corrected chi connectivity index (χ4v) is 5.47. The van der Waals surface area contributed by atoms with Crippen LogP contribution in [-0.4, -0.2) is 0 Å². The van der Waals surface area contributed by atoms with E-state index in [9.17, 15) is 0 Å². The summed E-state index contributed by atoms with van der Waals surface area (Å²) in [5.74, 6) is 0. The van der Waals surface area contributed by atoms with E-state index in [1.54, 1.807) is 0 Å². The Kier molecular flexibility index (Phi) is 6.00. The topological polar surface area (TPSA) is 0 Å². The molecule has 0 aliphatic heterocycles. The lowest BCUT2D eigenvalue weighted by Gasteiger charge is -2.09. The van der Waals surface area contributed by atoms with Crippen LogP contribution in [0.5, 0.6) is 0 Å². The van der Waals surface area contributed by atoms with Gasteiger partial charge >= 0.3 is 0 Å². The zero-order valence-corrected chi connectivity index (χ0v) is 21.7. The van der Waals surface area contributed by atoms with E-state index in [1.165, 1.54) is 66.1 Å². The van der Waals surface area contributed by atoms with Crippen molar-refractivity contribution < 1.29 is 0 Å². The van der Waals surface area contributed by atoms with E-state index in [-0.39, 0.29) is 0 Å². The lowest BCUT2D eigenvalue weighted by molar-refractivity contribution is 1.19. The van der Waals surface area contributed by atoms with Gasteiger partial charge in [0.05, 0.1) is 0 Å². The summed E-state index contributed by atoms with van der Waals surface area (Å²) in [6, 6.07) is 57.3. The summed E-state index contributed by atoms with van der Waals surface area (Å²) in [7, 11) is 0. The third-order valence-electron chi connectivity index (χ3n) is 7.68. The molecule has 7 aromatic rings. The molecule has 0 heteroatoms. The smallest absolute Gasteiger partial charge is 0.00258 e. The molecule has 0 heterocycles. The van der Waals surface area contributed by atoms with Gasteiger partial charge in [-0.1, -0.05) is 140 Å². The Labute approximate surface area is 229 Å². The minimum atomic E-state index is 0.927. The Morgan fingerprint density at radius 2 is 0.641 bits per heavy atom. The Balaban J connectivity index is 1.09. The van der Waals surface area contributed by atoms with Crippen LogP contribution in [0.2, 0.25) is 0 Å². The number of fused-ring (bicyclic) bond motifs is 2. The van der Waals surface area contributed by atoms with Crippen molar-refractivity contribution in [1.29, 1.82) is 0 Å². The van der Waals surface area contributed by atoms with Gasteiger partial charge in [-0.05, 0) is 90.7 Å². The zero-order chi connectivity index (χ0) is 26.0. The van der Waals surface area contributed by atoms with Gasteiger partial charge in [0.25, 0.3) is 0 Å². The summed E-state index contributed by atoms with van der Waals surface area (Å²) in [6.45, 7) is 0. The van der Waals surface area contributed by atoms with Crippen molar-refractivity contribution >= 4 is 21.5 Å². The normalized spacial score (nSPS) is 11.2. The van der Waals surface area contributed by atoms with Gasteiger partial charge < -0.3 is 0 Å². The Hall–Kier alpha value is -4.94. The zero-order valence-electron chi connectivity index (χ0n) is 21.7. The van der Waals surface area contributed by atoms with E-state index in [1.807, 2.05) is 0 Å². The van der Waals surface area contributed by atoms with Gasteiger partial charge in [0.1, 0.15) is 0 Å². The van der Waals surface area contributed by atoms with Gasteiger partial charge in [0.15, 0.2) is 0 Å². The highest BCUT2D eigenvalue weighted by molar-refractivity contribution is 5.91. The first-order valence-corrected chi connectivity index (χ1v) is 13.6. The van der Waals surface area contributed by atoms with Crippen LogP contribution in [0.15, 0.2) is 158 Å². The van der Waals surface area contributed by atoms with Crippen LogP contribution >= 0.6 is 0 Å². The summed E-state index contributed by atoms with van der Waals surface area (Å²) in [6.07, 6.45) is 0.927. The maximum atomic E-state index is 2.31. The molecule has 0 N–H and O–H groups in total. The first-order valence-electron chi connectivity index (χ1n) is 13.6. The molecule has 0 amide bonds. The van der Waals surface area contributed by atoms with Crippen LogP contribution in [0.25, 0.3) is 54.9 Å². The van der Waals surface area contributed by atoms with E-state index in [0.717, 1.165) is 6.42 Å². The predicted octanol–water partition coefficient (Wildman–Crippen LogP) is 10.6. The van der Waals surface area contributed by atoms with Crippen LogP contribution in [0.4, 0.5) is 0 Å². The van der Waals surface area contributed by atoms with E-state index in [0.29, 0.717) is 0 Å². The summed E-state index contributed by atoms with van der Waals surface area (Å²) < 4.78 is 0. The number of hydrogen-bond donors (Lipinski definition) is 0. The molecule has 0 atom stereocenters. The third kappa shape index (κ3) is 4.85. The Morgan fingerprint density at radius 1 is 0.256 bits per heavy atom. The van der Waals surface area contributed by atoms with Crippen LogP contribution in [-0.2, 0) is 6.42 Å². The highest BCUT2D eigenvalue weighted by atomic mass is 14.1. The molecule has 184 valence electrons. The van der Waals surface area contributed by atoms with E-state index < -0.39 is 0 Å². The van der Waals surface area contributed by atoms with E-state index in [4.69, 9.17) is 0 Å². The second-order valence-electron chi connectivity index (χ2n) is 10.3. The van der Waals surface area contributed by atoms with Crippen LogP contribution < -0.4 is 0 Å². The monoisotopic (exact) mass is 496 g/mol. The Bertz CT molecular complexity index is 1890. The maximum absolute atomic E-state index is 2.31. The molecule has 0 saturated heterocycles. The fraction of sp³-hybridized carbons (Fsp3) is 0.0256. The highest BCUT2D eigenvalue weighted by Gasteiger charge is 2.05. The van der Waals surface area contributed by atoms with Gasteiger partial charge in [-0.25, -0.2) is 0 Å². The van der Waals surface area contributed by atoms with Gasteiger partial charge in [0.2, 0.25) is 0 Å². The molecule has 0 aliphatic carbocycles. The molecule has 0 radical (unpaired) electrons. The molecule has 0 fully saturated rings. The van der Waals surface area contributed by atoms with Crippen molar-refractivity contribution in [1.82, 2.24) is 0 Å². The van der Waals surface area contributed by atoms with Crippen molar-refractivity contribution in [2.24, 2.45) is 0 Å². The molecule has 0 aliphatic rings. The van der Waals surface area contributed by atoms with Crippen LogP contribution in [0.1, 0.15) is 11.1 Å². The van der Waals surface area contributed by atoms with Crippen molar-refractivity contribution in [2.75, 3.05) is 0 Å². The molecule has 0 aromatic heterocycles. The van der Waals surface area contributed by atoms with Gasteiger partial charge in [-0.15, -0.1) is 0 Å². The average Bonchev–Trinajstić information content (AvgIpc) is 3.01. The molecular formula is C39H28. The molecule has 7 rings (SSSR count). The second-order valence-corrected chi connectivity index (χ2v) is 10.3. The van der Waals surface area contributed by atoms with Crippen LogP contribution in [0.3, 0.4) is 0 Å². The highest BCUT2D eigenvalue weighted by Crippen LogP contribution is 2.30. The standard InChI is InChI=1S/C39H28/c1-2-6-30(7-3-1)37-22-19-34-20-23-38(27-39(34)26-37)33-16-12-29(13-17-33)24-28-10-14-32(15-11-28)36-21-18-31-8-4-5-9-35(31)25-36/h1-23,25-27H,24H2. The van der Waals surface area contributed by atoms with E-state index >= 15 is 0 Å². The third-order valence-corrected chi connectivity index (χ3v) is 7.68. The lowest BCUT2D eigenvalue weighted by atomic mass is 9.96. The quantitative estimate of drug-likeness (QED) is 0.222. The summed E-state index contributed by atoms with van der Waals surface area (Å²) in [5, 5.41) is 5.09. The molecule has 0 unspecified atom stereocenters. The summed E-state index contributed by atoms with van der Waals surface area (Å²) >= 11 is 0. The minimum absolute atomic E-state index is 0.927. The molecule has 7 aromatic carbocycles. The van der Waals surface area contributed by atoms with Gasteiger partial charge in [-0.3, -0.25) is 0 Å². The summed E-state index contributed by atoms with van der Waals surface area (Å²) in [5.41, 5.74) is 10.2. The first kappa shape index (κ1) is 23.2. The number of benzene rings is 7. The SMILES string of the molecule is c1ccc(-c2ccc3ccc(-c4ccc(Cc5ccc(-c6ccc7ccccc7c6)cc5)cc4)cc3c2)cc1. The average molecular weight is 497 g/mol. The van der Waals surface area contributed by atoms with Gasteiger partial charge in [0, 0.05) is 0 Å². The second kappa shape index (κ2) is 10.1. The van der Waals surface area contributed by atoms with Crippen molar-refractivity contribution in [3.8, 4) is 33.4 Å². The van der Waals surface area contributed by atoms with Crippen LogP contribution in [0, 0.1) is 0 Å². The first-order chi connectivity index (χ1) is 19.3. The molecule has 0 spiro atoms. The predicted molar refractivity (Wildman–Crippen MR) is 167 cm³/mol. The molecule has 0 saturated carbocycles. The largest absolute Gasteiger partial charge is 0.0622 e. The molecule has 39 heavy (non-hydrogen) atoms. The summed E-state index contributed by atoms with van der Waals surface area (Å²) in [4.78, 5) is 0. The molecule has 0 bridgehead atoms.